The van der Waals surface area contributed by atoms with Crippen LogP contribution in [0.25, 0.3) is 0 Å². The van der Waals surface area contributed by atoms with Gasteiger partial charge in [0.05, 0.1) is 6.61 Å². The SMILES string of the molecule is CC(C)c1nccc(C2CCN(C(=O)C3CO3)CC2)n1. The van der Waals surface area contributed by atoms with Crippen molar-refractivity contribution in [3.8, 4) is 0 Å². The Morgan fingerprint density at radius 1 is 1.40 bits per heavy atom. The largest absolute Gasteiger partial charge is 0.363 e. The van der Waals surface area contributed by atoms with Crippen molar-refractivity contribution in [2.24, 2.45) is 0 Å². The molecule has 1 aromatic heterocycles. The summed E-state index contributed by atoms with van der Waals surface area (Å²) < 4.78 is 5.07. The third-order valence-corrected chi connectivity index (χ3v) is 4.05. The number of nitrogens with zero attached hydrogens (tertiary/aromatic N) is 3. The standard InChI is InChI=1S/C15H21N3O2/c1-10(2)14-16-6-3-12(17-14)11-4-7-18(8-5-11)15(19)13-9-20-13/h3,6,10-11,13H,4-5,7-9H2,1-2H3. The van der Waals surface area contributed by atoms with E-state index >= 15 is 0 Å². The minimum absolute atomic E-state index is 0.154. The van der Waals surface area contributed by atoms with Crippen LogP contribution in [-0.4, -0.2) is 46.6 Å². The number of hydrogen-bond acceptors (Lipinski definition) is 4. The molecule has 0 bridgehead atoms. The van der Waals surface area contributed by atoms with Crippen molar-refractivity contribution in [3.63, 3.8) is 0 Å². The Morgan fingerprint density at radius 3 is 2.70 bits per heavy atom. The maximum Gasteiger partial charge on any atom is 0.254 e. The first-order valence-corrected chi connectivity index (χ1v) is 7.38. The summed E-state index contributed by atoms with van der Waals surface area (Å²) in [4.78, 5) is 22.8. The minimum Gasteiger partial charge on any atom is -0.363 e. The number of likely N-dealkylation sites (tertiary alicyclic amines) is 1. The fraction of sp³-hybridized carbons (Fsp3) is 0.667. The summed E-state index contributed by atoms with van der Waals surface area (Å²) in [5.41, 5.74) is 1.12. The van der Waals surface area contributed by atoms with E-state index in [0.29, 0.717) is 18.4 Å². The van der Waals surface area contributed by atoms with Gasteiger partial charge in [-0.05, 0) is 18.9 Å². The van der Waals surface area contributed by atoms with Gasteiger partial charge in [0, 0.05) is 36.8 Å². The number of epoxide rings is 1. The lowest BCUT2D eigenvalue weighted by atomic mass is 9.93. The number of rotatable bonds is 3. The second-order valence-electron chi connectivity index (χ2n) is 5.92. The van der Waals surface area contributed by atoms with Gasteiger partial charge in [0.15, 0.2) is 6.10 Å². The molecule has 0 saturated carbocycles. The second-order valence-corrected chi connectivity index (χ2v) is 5.92. The van der Waals surface area contributed by atoms with Crippen molar-refractivity contribution in [2.75, 3.05) is 19.7 Å². The Labute approximate surface area is 119 Å². The predicted molar refractivity (Wildman–Crippen MR) is 74.4 cm³/mol. The molecule has 0 N–H and O–H groups in total. The van der Waals surface area contributed by atoms with Crippen molar-refractivity contribution >= 4 is 5.91 Å². The summed E-state index contributed by atoms with van der Waals surface area (Å²) in [6, 6.07) is 2.01. The van der Waals surface area contributed by atoms with Gasteiger partial charge >= 0.3 is 0 Å². The smallest absolute Gasteiger partial charge is 0.254 e. The first-order valence-electron chi connectivity index (χ1n) is 7.38. The van der Waals surface area contributed by atoms with Gasteiger partial charge in [0.25, 0.3) is 5.91 Å². The highest BCUT2D eigenvalue weighted by Gasteiger charge is 2.36. The molecule has 108 valence electrons. The number of piperidine rings is 1. The van der Waals surface area contributed by atoms with Crippen molar-refractivity contribution in [1.29, 1.82) is 0 Å². The van der Waals surface area contributed by atoms with E-state index in [1.54, 1.807) is 0 Å². The highest BCUT2D eigenvalue weighted by molar-refractivity contribution is 5.83. The predicted octanol–water partition coefficient (Wildman–Crippen LogP) is 1.70. The fourth-order valence-electron chi connectivity index (χ4n) is 2.68. The maximum atomic E-state index is 11.9. The molecule has 5 nitrogen and oxygen atoms in total. The van der Waals surface area contributed by atoms with Crippen LogP contribution in [-0.2, 0) is 9.53 Å². The molecule has 0 aromatic carbocycles. The molecule has 20 heavy (non-hydrogen) atoms. The van der Waals surface area contributed by atoms with Crippen molar-refractivity contribution in [1.82, 2.24) is 14.9 Å². The van der Waals surface area contributed by atoms with Crippen LogP contribution in [0, 0.1) is 0 Å². The lowest BCUT2D eigenvalue weighted by Crippen LogP contribution is -2.40. The van der Waals surface area contributed by atoms with Crippen LogP contribution in [0.2, 0.25) is 0 Å². The van der Waals surface area contributed by atoms with Gasteiger partial charge in [-0.1, -0.05) is 13.8 Å². The van der Waals surface area contributed by atoms with Gasteiger partial charge in [-0.15, -0.1) is 0 Å². The number of hydrogen-bond donors (Lipinski definition) is 0. The van der Waals surface area contributed by atoms with E-state index in [-0.39, 0.29) is 12.0 Å². The summed E-state index contributed by atoms with van der Waals surface area (Å²) >= 11 is 0. The molecular weight excluding hydrogens is 254 g/mol. The van der Waals surface area contributed by atoms with Crippen LogP contribution >= 0.6 is 0 Å². The molecule has 2 fully saturated rings. The molecule has 2 aliphatic heterocycles. The monoisotopic (exact) mass is 275 g/mol. The topological polar surface area (TPSA) is 58.6 Å². The van der Waals surface area contributed by atoms with Crippen LogP contribution in [0.1, 0.15) is 50.0 Å². The molecule has 0 spiro atoms. The zero-order valence-electron chi connectivity index (χ0n) is 12.1. The quantitative estimate of drug-likeness (QED) is 0.788. The van der Waals surface area contributed by atoms with Gasteiger partial charge in [-0.3, -0.25) is 4.79 Å². The summed E-state index contributed by atoms with van der Waals surface area (Å²) in [5, 5.41) is 0. The van der Waals surface area contributed by atoms with Gasteiger partial charge < -0.3 is 9.64 Å². The van der Waals surface area contributed by atoms with E-state index in [1.165, 1.54) is 0 Å². The highest BCUT2D eigenvalue weighted by Crippen LogP contribution is 2.28. The third kappa shape index (κ3) is 2.82. The number of carbonyl (C=O) groups is 1. The summed E-state index contributed by atoms with van der Waals surface area (Å²) in [6.07, 6.45) is 3.66. The summed E-state index contributed by atoms with van der Waals surface area (Å²) in [6.45, 7) is 6.43. The third-order valence-electron chi connectivity index (χ3n) is 4.05. The van der Waals surface area contributed by atoms with Crippen LogP contribution in [0.3, 0.4) is 0 Å². The first-order chi connectivity index (χ1) is 9.65. The average molecular weight is 275 g/mol. The highest BCUT2D eigenvalue weighted by atomic mass is 16.6. The lowest BCUT2D eigenvalue weighted by Gasteiger charge is -2.31. The average Bonchev–Trinajstić information content (AvgIpc) is 3.31. The number of aromatic nitrogens is 2. The fourth-order valence-corrected chi connectivity index (χ4v) is 2.68. The van der Waals surface area contributed by atoms with E-state index < -0.39 is 0 Å². The summed E-state index contributed by atoms with van der Waals surface area (Å²) in [7, 11) is 0. The first kappa shape index (κ1) is 13.5. The molecule has 1 amide bonds. The Hall–Kier alpha value is -1.49. The van der Waals surface area contributed by atoms with E-state index in [9.17, 15) is 4.79 Å². The van der Waals surface area contributed by atoms with Crippen molar-refractivity contribution < 1.29 is 9.53 Å². The molecular formula is C15H21N3O2. The molecule has 0 radical (unpaired) electrons. The minimum atomic E-state index is -0.154. The zero-order chi connectivity index (χ0) is 14.1. The van der Waals surface area contributed by atoms with E-state index in [1.807, 2.05) is 17.2 Å². The summed E-state index contributed by atoms with van der Waals surface area (Å²) in [5.74, 6) is 1.87. The van der Waals surface area contributed by atoms with Gasteiger partial charge in [-0.25, -0.2) is 9.97 Å². The van der Waals surface area contributed by atoms with Gasteiger partial charge in [-0.2, -0.15) is 0 Å². The molecule has 2 saturated heterocycles. The maximum absolute atomic E-state index is 11.9. The molecule has 5 heteroatoms. The zero-order valence-corrected chi connectivity index (χ0v) is 12.1. The Balaban J connectivity index is 1.62. The molecule has 2 aliphatic rings. The lowest BCUT2D eigenvalue weighted by molar-refractivity contribution is -0.133. The van der Waals surface area contributed by atoms with Crippen molar-refractivity contribution in [2.45, 2.75) is 44.6 Å². The van der Waals surface area contributed by atoms with E-state index in [4.69, 9.17) is 4.74 Å². The van der Waals surface area contributed by atoms with Crippen LogP contribution in [0.15, 0.2) is 12.3 Å². The molecule has 1 aromatic rings. The van der Waals surface area contributed by atoms with Crippen LogP contribution in [0.4, 0.5) is 0 Å². The number of ether oxygens (including phenoxy) is 1. The molecule has 0 aliphatic carbocycles. The van der Waals surface area contributed by atoms with Crippen molar-refractivity contribution in [3.05, 3.63) is 23.8 Å². The molecule has 1 atom stereocenters. The molecule has 1 unspecified atom stereocenters. The van der Waals surface area contributed by atoms with Gasteiger partial charge in [0.1, 0.15) is 5.82 Å². The van der Waals surface area contributed by atoms with Gasteiger partial charge in [0.2, 0.25) is 0 Å². The normalized spacial score (nSPS) is 23.1. The number of amides is 1. The van der Waals surface area contributed by atoms with Crippen LogP contribution in [0.5, 0.6) is 0 Å². The Morgan fingerprint density at radius 2 is 2.10 bits per heavy atom. The molecule has 3 rings (SSSR count). The van der Waals surface area contributed by atoms with E-state index in [2.05, 4.69) is 23.8 Å². The van der Waals surface area contributed by atoms with E-state index in [0.717, 1.165) is 37.4 Å². The Bertz CT molecular complexity index is 492. The second kappa shape index (κ2) is 5.48. The molecule has 3 heterocycles. The number of carbonyl (C=O) groups excluding carboxylic acids is 1. The Kier molecular flexibility index (Phi) is 3.70. The van der Waals surface area contributed by atoms with Crippen LogP contribution < -0.4 is 0 Å².